The van der Waals surface area contributed by atoms with Crippen molar-refractivity contribution in [1.82, 2.24) is 15.1 Å². The molecule has 1 heterocycles. The van der Waals surface area contributed by atoms with Crippen LogP contribution in [0, 0.1) is 0 Å². The number of hydrogen-bond acceptors (Lipinski definition) is 4. The number of benzene rings is 2. The van der Waals surface area contributed by atoms with Gasteiger partial charge in [-0.05, 0) is 24.6 Å². The third kappa shape index (κ3) is 5.67. The lowest BCUT2D eigenvalue weighted by molar-refractivity contribution is -0.130. The highest BCUT2D eigenvalue weighted by molar-refractivity contribution is 6.04. The van der Waals surface area contributed by atoms with Gasteiger partial charge in [0.15, 0.2) is 0 Å². The van der Waals surface area contributed by atoms with Crippen molar-refractivity contribution >= 4 is 23.4 Å². The van der Waals surface area contributed by atoms with Gasteiger partial charge in [0.2, 0.25) is 11.8 Å². The number of piperazine rings is 1. The summed E-state index contributed by atoms with van der Waals surface area (Å²) in [7, 11) is 0. The highest BCUT2D eigenvalue weighted by Crippen LogP contribution is 2.18. The molecule has 2 aromatic carbocycles. The Bertz CT molecular complexity index is 892. The van der Waals surface area contributed by atoms with E-state index in [4.69, 9.17) is 0 Å². The lowest BCUT2D eigenvalue weighted by atomic mass is 10.1. The summed E-state index contributed by atoms with van der Waals surface area (Å²) in [6, 6.07) is 16.6. The Morgan fingerprint density at radius 3 is 2.23 bits per heavy atom. The van der Waals surface area contributed by atoms with Crippen LogP contribution in [0.2, 0.25) is 0 Å². The number of nitrogens with one attached hydrogen (secondary N) is 2. The van der Waals surface area contributed by atoms with Crippen molar-refractivity contribution in [1.29, 1.82) is 0 Å². The molecule has 7 heteroatoms. The summed E-state index contributed by atoms with van der Waals surface area (Å²) < 4.78 is 0. The normalized spacial score (nSPS) is 15.3. The molecule has 0 spiro atoms. The highest BCUT2D eigenvalue weighted by Gasteiger charge is 2.21. The van der Waals surface area contributed by atoms with E-state index in [-0.39, 0.29) is 30.3 Å². The van der Waals surface area contributed by atoms with Crippen molar-refractivity contribution in [3.05, 3.63) is 65.7 Å². The van der Waals surface area contributed by atoms with Crippen LogP contribution >= 0.6 is 0 Å². The largest absolute Gasteiger partial charge is 0.345 e. The minimum atomic E-state index is -0.239. The van der Waals surface area contributed by atoms with Crippen molar-refractivity contribution in [2.45, 2.75) is 19.9 Å². The molecule has 3 amide bonds. The Labute approximate surface area is 177 Å². The van der Waals surface area contributed by atoms with Crippen LogP contribution in [-0.2, 0) is 9.59 Å². The van der Waals surface area contributed by atoms with Gasteiger partial charge < -0.3 is 15.5 Å². The van der Waals surface area contributed by atoms with Gasteiger partial charge in [-0.2, -0.15) is 0 Å². The van der Waals surface area contributed by atoms with Crippen LogP contribution in [0.4, 0.5) is 5.69 Å². The minimum Gasteiger partial charge on any atom is -0.345 e. The molecule has 1 aliphatic heterocycles. The SMILES string of the molecule is CC(=O)N1CCN(CC(=O)Nc2ccccc2C(=O)NC(C)c2ccccc2)CC1. The van der Waals surface area contributed by atoms with E-state index >= 15 is 0 Å². The Hall–Kier alpha value is -3.19. The quantitative estimate of drug-likeness (QED) is 0.768. The van der Waals surface area contributed by atoms with Gasteiger partial charge in [0.25, 0.3) is 5.91 Å². The average molecular weight is 409 g/mol. The average Bonchev–Trinajstić information content (AvgIpc) is 2.75. The van der Waals surface area contributed by atoms with E-state index in [1.807, 2.05) is 42.2 Å². The number of nitrogens with zero attached hydrogens (tertiary/aromatic N) is 2. The van der Waals surface area contributed by atoms with Gasteiger partial charge >= 0.3 is 0 Å². The molecule has 0 aromatic heterocycles. The predicted octanol–water partition coefficient (Wildman–Crippen LogP) is 2.28. The van der Waals surface area contributed by atoms with E-state index in [1.54, 1.807) is 36.1 Å². The third-order valence-electron chi connectivity index (χ3n) is 5.28. The molecule has 3 rings (SSSR count). The van der Waals surface area contributed by atoms with Gasteiger partial charge in [0.05, 0.1) is 23.8 Å². The zero-order valence-electron chi connectivity index (χ0n) is 17.4. The molecule has 158 valence electrons. The predicted molar refractivity (Wildman–Crippen MR) is 116 cm³/mol. The second-order valence-electron chi connectivity index (χ2n) is 7.48. The fraction of sp³-hybridized carbons (Fsp3) is 0.348. The maximum Gasteiger partial charge on any atom is 0.253 e. The van der Waals surface area contributed by atoms with Crippen LogP contribution in [-0.4, -0.2) is 60.2 Å². The Kier molecular flexibility index (Phi) is 7.19. The van der Waals surface area contributed by atoms with Crippen LogP contribution < -0.4 is 10.6 Å². The van der Waals surface area contributed by atoms with Gasteiger partial charge in [-0.3, -0.25) is 19.3 Å². The van der Waals surface area contributed by atoms with Gasteiger partial charge in [0, 0.05) is 33.1 Å². The van der Waals surface area contributed by atoms with Gasteiger partial charge in [-0.1, -0.05) is 42.5 Å². The fourth-order valence-electron chi connectivity index (χ4n) is 3.50. The van der Waals surface area contributed by atoms with Crippen LogP contribution in [0.5, 0.6) is 0 Å². The highest BCUT2D eigenvalue weighted by atomic mass is 16.2. The molecule has 1 atom stereocenters. The van der Waals surface area contributed by atoms with Crippen LogP contribution in [0.3, 0.4) is 0 Å². The lowest BCUT2D eigenvalue weighted by Gasteiger charge is -2.33. The van der Waals surface area contributed by atoms with Crippen molar-refractivity contribution in [3.63, 3.8) is 0 Å². The number of amides is 3. The number of para-hydroxylation sites is 1. The molecule has 0 aliphatic carbocycles. The molecule has 7 nitrogen and oxygen atoms in total. The van der Waals surface area contributed by atoms with Crippen LogP contribution in [0.15, 0.2) is 54.6 Å². The molecular formula is C23H28N4O3. The van der Waals surface area contributed by atoms with E-state index in [9.17, 15) is 14.4 Å². The molecule has 1 unspecified atom stereocenters. The zero-order valence-corrected chi connectivity index (χ0v) is 17.4. The minimum absolute atomic E-state index is 0.0590. The summed E-state index contributed by atoms with van der Waals surface area (Å²) >= 11 is 0. The molecular weight excluding hydrogens is 380 g/mol. The number of hydrogen-bond donors (Lipinski definition) is 2. The standard InChI is InChI=1S/C23H28N4O3/c1-17(19-8-4-3-5-9-19)24-23(30)20-10-6-7-11-21(20)25-22(29)16-26-12-14-27(15-13-26)18(2)28/h3-11,17H,12-16H2,1-2H3,(H,24,30)(H,25,29). The maximum atomic E-state index is 12.8. The van der Waals surface area contributed by atoms with Crippen LogP contribution in [0.1, 0.15) is 35.8 Å². The molecule has 1 saturated heterocycles. The third-order valence-corrected chi connectivity index (χ3v) is 5.28. The lowest BCUT2D eigenvalue weighted by Crippen LogP contribution is -2.49. The number of rotatable bonds is 6. The molecule has 0 bridgehead atoms. The van der Waals surface area contributed by atoms with Gasteiger partial charge in [0.1, 0.15) is 0 Å². The summed E-state index contributed by atoms with van der Waals surface area (Å²) in [4.78, 5) is 40.6. The van der Waals surface area contributed by atoms with Crippen molar-refractivity contribution in [2.75, 3.05) is 38.0 Å². The Morgan fingerprint density at radius 1 is 0.933 bits per heavy atom. The first kappa shape index (κ1) is 21.5. The monoisotopic (exact) mass is 408 g/mol. The maximum absolute atomic E-state index is 12.8. The fourth-order valence-corrected chi connectivity index (χ4v) is 3.50. The zero-order chi connectivity index (χ0) is 21.5. The smallest absolute Gasteiger partial charge is 0.253 e. The molecule has 2 N–H and O–H groups in total. The van der Waals surface area contributed by atoms with E-state index in [0.717, 1.165) is 5.56 Å². The molecule has 30 heavy (non-hydrogen) atoms. The first-order valence-electron chi connectivity index (χ1n) is 10.2. The molecule has 0 radical (unpaired) electrons. The van der Waals surface area contributed by atoms with Gasteiger partial charge in [-0.15, -0.1) is 0 Å². The van der Waals surface area contributed by atoms with Crippen molar-refractivity contribution < 1.29 is 14.4 Å². The van der Waals surface area contributed by atoms with E-state index < -0.39 is 0 Å². The topological polar surface area (TPSA) is 81.8 Å². The first-order valence-corrected chi connectivity index (χ1v) is 10.2. The molecule has 0 saturated carbocycles. The second-order valence-corrected chi connectivity index (χ2v) is 7.48. The van der Waals surface area contributed by atoms with Crippen molar-refractivity contribution in [3.8, 4) is 0 Å². The Morgan fingerprint density at radius 2 is 1.57 bits per heavy atom. The molecule has 2 aromatic rings. The number of anilines is 1. The molecule has 1 aliphatic rings. The van der Waals surface area contributed by atoms with Gasteiger partial charge in [-0.25, -0.2) is 0 Å². The molecule has 1 fully saturated rings. The summed E-state index contributed by atoms with van der Waals surface area (Å²) in [6.45, 7) is 6.27. The second kappa shape index (κ2) is 10.0. The van der Waals surface area contributed by atoms with E-state index in [1.165, 1.54) is 0 Å². The summed E-state index contributed by atoms with van der Waals surface area (Å²) in [5, 5.41) is 5.85. The van der Waals surface area contributed by atoms with Crippen molar-refractivity contribution in [2.24, 2.45) is 0 Å². The number of carbonyl (C=O) groups excluding carboxylic acids is 3. The summed E-state index contributed by atoms with van der Waals surface area (Å²) in [5.41, 5.74) is 1.93. The summed E-state index contributed by atoms with van der Waals surface area (Å²) in [5.74, 6) is -0.358. The van der Waals surface area contributed by atoms with E-state index in [0.29, 0.717) is 37.4 Å². The van der Waals surface area contributed by atoms with E-state index in [2.05, 4.69) is 10.6 Å². The Balaban J connectivity index is 1.59. The first-order chi connectivity index (χ1) is 14.4. The number of carbonyl (C=O) groups is 3. The van der Waals surface area contributed by atoms with Crippen LogP contribution in [0.25, 0.3) is 0 Å². The summed E-state index contributed by atoms with van der Waals surface area (Å²) in [6.07, 6.45) is 0.